The van der Waals surface area contributed by atoms with Gasteiger partial charge in [-0.3, -0.25) is 0 Å². The summed E-state index contributed by atoms with van der Waals surface area (Å²) in [7, 11) is 0. The third-order valence-electron chi connectivity index (χ3n) is 3.56. The van der Waals surface area contributed by atoms with Gasteiger partial charge < -0.3 is 25.7 Å². The smallest absolute Gasteiger partial charge is 0.108 e. The Morgan fingerprint density at radius 1 is 0.944 bits per heavy atom. The first-order valence-corrected chi connectivity index (χ1v) is 6.07. The largest absolute Gasteiger partial charge is 0.396 e. The average Bonchev–Trinajstić information content (AvgIpc) is 2.61. The summed E-state index contributed by atoms with van der Waals surface area (Å²) in [6.07, 6.45) is -3.38. The zero-order chi connectivity index (χ0) is 13.1. The lowest BCUT2D eigenvalue weighted by Crippen LogP contribution is -2.43. The molecule has 1 saturated carbocycles. The van der Waals surface area contributed by atoms with Gasteiger partial charge in [0.15, 0.2) is 0 Å². The number of benzene rings is 1. The molecule has 1 aromatic carbocycles. The highest BCUT2D eigenvalue weighted by atomic mass is 16.4. The molecule has 0 aromatic heterocycles. The van der Waals surface area contributed by atoms with Crippen molar-refractivity contribution in [3.05, 3.63) is 35.9 Å². The van der Waals surface area contributed by atoms with Gasteiger partial charge in [-0.15, -0.1) is 0 Å². The molecule has 1 fully saturated rings. The van der Waals surface area contributed by atoms with E-state index < -0.39 is 30.3 Å². The Kier molecular flexibility index (Phi) is 4.31. The van der Waals surface area contributed by atoms with E-state index in [4.69, 9.17) is 0 Å². The van der Waals surface area contributed by atoms with E-state index in [1.165, 1.54) is 0 Å². The van der Waals surface area contributed by atoms with Gasteiger partial charge >= 0.3 is 0 Å². The van der Waals surface area contributed by atoms with Gasteiger partial charge in [0.1, 0.15) is 6.10 Å². The maximum atomic E-state index is 9.82. The van der Waals surface area contributed by atoms with E-state index in [0.717, 1.165) is 5.56 Å². The highest BCUT2D eigenvalue weighted by molar-refractivity contribution is 5.15. The fraction of sp³-hybridized carbons (Fsp3) is 0.538. The topological polar surface area (TPSA) is 93.0 Å². The molecule has 0 radical (unpaired) electrons. The summed E-state index contributed by atoms with van der Waals surface area (Å²) in [6, 6.07) is 9.10. The zero-order valence-electron chi connectivity index (χ0n) is 9.98. The van der Waals surface area contributed by atoms with Crippen LogP contribution in [0.25, 0.3) is 0 Å². The van der Waals surface area contributed by atoms with Crippen LogP contribution in [0.1, 0.15) is 5.56 Å². The minimum absolute atomic E-state index is 0.276. The van der Waals surface area contributed by atoms with Gasteiger partial charge in [0, 0.05) is 18.5 Å². The van der Waals surface area contributed by atoms with Gasteiger partial charge in [0.25, 0.3) is 0 Å². The van der Waals surface area contributed by atoms with Crippen molar-refractivity contribution in [3.63, 3.8) is 0 Å². The van der Waals surface area contributed by atoms with Crippen LogP contribution in [0.15, 0.2) is 30.3 Å². The molecule has 1 aliphatic rings. The molecule has 1 aliphatic carbocycles. The molecule has 5 N–H and O–H groups in total. The standard InChI is InChI=1S/C13H19NO4/c15-7-9-10(12(17)13(18)11(9)16)14-6-8-4-2-1-3-5-8/h1-5,9-18H,6-7H2/t9-,10-,11+,12+,13-/m0/s1. The molecular weight excluding hydrogens is 234 g/mol. The monoisotopic (exact) mass is 253 g/mol. The lowest BCUT2D eigenvalue weighted by atomic mass is 10.0. The van der Waals surface area contributed by atoms with Crippen molar-refractivity contribution in [2.24, 2.45) is 5.92 Å². The number of aliphatic hydroxyl groups is 4. The maximum absolute atomic E-state index is 9.82. The first kappa shape index (κ1) is 13.5. The summed E-state index contributed by atoms with van der Waals surface area (Å²) in [6.45, 7) is 0.236. The highest BCUT2D eigenvalue weighted by Crippen LogP contribution is 2.27. The van der Waals surface area contributed by atoms with Crippen LogP contribution >= 0.6 is 0 Å². The third-order valence-corrected chi connectivity index (χ3v) is 3.56. The van der Waals surface area contributed by atoms with Crippen molar-refractivity contribution in [1.29, 1.82) is 0 Å². The van der Waals surface area contributed by atoms with Crippen molar-refractivity contribution in [1.82, 2.24) is 5.32 Å². The van der Waals surface area contributed by atoms with E-state index in [-0.39, 0.29) is 6.61 Å². The van der Waals surface area contributed by atoms with Crippen molar-refractivity contribution in [2.75, 3.05) is 6.61 Å². The number of aliphatic hydroxyl groups excluding tert-OH is 4. The summed E-state index contributed by atoms with van der Waals surface area (Å²) in [5.74, 6) is -0.557. The van der Waals surface area contributed by atoms with Gasteiger partial charge in [0.05, 0.1) is 18.8 Å². The summed E-state index contributed by atoms with van der Waals surface area (Å²) in [5.41, 5.74) is 1.04. The van der Waals surface area contributed by atoms with Crippen LogP contribution in [0.5, 0.6) is 0 Å². The Labute approximate surface area is 106 Å². The average molecular weight is 253 g/mol. The Bertz CT molecular complexity index is 373. The fourth-order valence-corrected chi connectivity index (χ4v) is 2.46. The van der Waals surface area contributed by atoms with Crippen LogP contribution in [0.2, 0.25) is 0 Å². The van der Waals surface area contributed by atoms with E-state index >= 15 is 0 Å². The van der Waals surface area contributed by atoms with Crippen LogP contribution < -0.4 is 5.32 Å². The number of nitrogens with one attached hydrogen (secondary N) is 1. The normalized spacial score (nSPS) is 35.9. The van der Waals surface area contributed by atoms with Crippen LogP contribution in [0, 0.1) is 5.92 Å². The Morgan fingerprint density at radius 3 is 2.22 bits per heavy atom. The number of hydrogen-bond donors (Lipinski definition) is 5. The second kappa shape index (κ2) is 5.77. The molecule has 0 saturated heterocycles. The van der Waals surface area contributed by atoms with E-state index in [0.29, 0.717) is 6.54 Å². The highest BCUT2D eigenvalue weighted by Gasteiger charge is 2.48. The molecule has 0 aliphatic heterocycles. The minimum Gasteiger partial charge on any atom is -0.396 e. The van der Waals surface area contributed by atoms with Gasteiger partial charge in [-0.2, -0.15) is 0 Å². The second-order valence-electron chi connectivity index (χ2n) is 4.71. The molecule has 2 rings (SSSR count). The van der Waals surface area contributed by atoms with E-state index in [1.54, 1.807) is 0 Å². The maximum Gasteiger partial charge on any atom is 0.108 e. The Hall–Kier alpha value is -0.980. The first-order chi connectivity index (χ1) is 8.65. The summed E-state index contributed by atoms with van der Waals surface area (Å²) in [4.78, 5) is 0. The van der Waals surface area contributed by atoms with Crippen molar-refractivity contribution in [2.45, 2.75) is 30.9 Å². The van der Waals surface area contributed by atoms with Crippen LogP contribution in [-0.4, -0.2) is 51.4 Å². The van der Waals surface area contributed by atoms with Crippen molar-refractivity contribution >= 4 is 0 Å². The molecule has 0 amide bonds. The molecule has 0 spiro atoms. The Balaban J connectivity index is 1.99. The molecule has 0 bridgehead atoms. The molecule has 0 unspecified atom stereocenters. The number of hydrogen-bond acceptors (Lipinski definition) is 5. The lowest BCUT2D eigenvalue weighted by molar-refractivity contribution is -0.0312. The van der Waals surface area contributed by atoms with Crippen molar-refractivity contribution < 1.29 is 20.4 Å². The van der Waals surface area contributed by atoms with Gasteiger partial charge in [0.2, 0.25) is 0 Å². The second-order valence-corrected chi connectivity index (χ2v) is 4.71. The van der Waals surface area contributed by atoms with E-state index in [9.17, 15) is 20.4 Å². The van der Waals surface area contributed by atoms with Gasteiger partial charge in [-0.05, 0) is 5.56 Å². The van der Waals surface area contributed by atoms with Crippen LogP contribution in [-0.2, 0) is 6.54 Å². The molecule has 18 heavy (non-hydrogen) atoms. The molecule has 0 heterocycles. The molecular formula is C13H19NO4. The molecule has 100 valence electrons. The summed E-state index contributed by atoms with van der Waals surface area (Å²) >= 11 is 0. The summed E-state index contributed by atoms with van der Waals surface area (Å²) in [5, 5.41) is 41.4. The molecule has 1 aromatic rings. The quantitative estimate of drug-likeness (QED) is 0.467. The fourth-order valence-electron chi connectivity index (χ4n) is 2.46. The lowest BCUT2D eigenvalue weighted by Gasteiger charge is -2.22. The predicted octanol–water partition coefficient (Wildman–Crippen LogP) is -1.15. The zero-order valence-corrected chi connectivity index (χ0v) is 9.98. The van der Waals surface area contributed by atoms with Crippen LogP contribution in [0.3, 0.4) is 0 Å². The third kappa shape index (κ3) is 2.55. The predicted molar refractivity (Wildman–Crippen MR) is 65.7 cm³/mol. The number of rotatable bonds is 4. The van der Waals surface area contributed by atoms with Crippen LogP contribution in [0.4, 0.5) is 0 Å². The Morgan fingerprint density at radius 2 is 1.61 bits per heavy atom. The molecule has 5 heteroatoms. The van der Waals surface area contributed by atoms with Gasteiger partial charge in [-0.25, -0.2) is 0 Å². The molecule has 5 nitrogen and oxygen atoms in total. The summed E-state index contributed by atoms with van der Waals surface area (Å²) < 4.78 is 0. The molecule has 5 atom stereocenters. The van der Waals surface area contributed by atoms with Gasteiger partial charge in [-0.1, -0.05) is 30.3 Å². The van der Waals surface area contributed by atoms with E-state index in [1.807, 2.05) is 30.3 Å². The first-order valence-electron chi connectivity index (χ1n) is 6.07. The van der Waals surface area contributed by atoms with Crippen molar-refractivity contribution in [3.8, 4) is 0 Å². The minimum atomic E-state index is -1.21. The SMILES string of the molecule is OC[C@@H]1[C@@H](O)[C@H](O)[C@H](O)[C@H]1NCc1ccccc1. The van der Waals surface area contributed by atoms with E-state index in [2.05, 4.69) is 5.32 Å².